The van der Waals surface area contributed by atoms with Gasteiger partial charge in [-0.15, -0.1) is 0 Å². The molecule has 0 saturated heterocycles. The topological polar surface area (TPSA) is 42.4 Å². The van der Waals surface area contributed by atoms with Gasteiger partial charge >= 0.3 is 18.3 Å². The quantitative estimate of drug-likeness (QED) is 0.383. The summed E-state index contributed by atoms with van der Waals surface area (Å²) in [5.41, 5.74) is -1.93. The van der Waals surface area contributed by atoms with E-state index in [1.807, 2.05) is 0 Å². The highest BCUT2D eigenvalue weighted by molar-refractivity contribution is 5.92. The van der Waals surface area contributed by atoms with Gasteiger partial charge in [0.05, 0.1) is 23.2 Å². The molecule has 1 aromatic heterocycles. The van der Waals surface area contributed by atoms with Gasteiger partial charge in [0.1, 0.15) is 12.3 Å². The number of ether oxygens (including phenoxy) is 1. The third-order valence-electron chi connectivity index (χ3n) is 4.48. The van der Waals surface area contributed by atoms with Crippen LogP contribution in [-0.4, -0.2) is 31.2 Å². The molecule has 0 unspecified atom stereocenters. The number of rotatable bonds is 5. The van der Waals surface area contributed by atoms with E-state index in [2.05, 4.69) is 4.98 Å². The second-order valence-corrected chi connectivity index (χ2v) is 6.68. The van der Waals surface area contributed by atoms with E-state index in [1.54, 1.807) is 18.2 Å². The molecule has 0 N–H and O–H groups in total. The lowest BCUT2D eigenvalue weighted by molar-refractivity contribution is -0.141. The Labute approximate surface area is 173 Å². The predicted octanol–water partition coefficient (Wildman–Crippen LogP) is 5.57. The minimum atomic E-state index is -4.64. The van der Waals surface area contributed by atoms with Crippen LogP contribution in [0.2, 0.25) is 0 Å². The van der Waals surface area contributed by atoms with Crippen molar-refractivity contribution in [2.75, 3.05) is 25.1 Å². The minimum Gasteiger partial charge on any atom is -0.460 e. The Morgan fingerprint density at radius 3 is 2.35 bits per heavy atom. The number of likely N-dealkylation sites (N-methyl/N-ethyl adjacent to an activating group) is 1. The number of benzene rings is 2. The smallest absolute Gasteiger partial charge is 0.433 e. The Morgan fingerprint density at radius 2 is 1.68 bits per heavy atom. The first-order chi connectivity index (χ1) is 14.5. The van der Waals surface area contributed by atoms with Gasteiger partial charge in [0, 0.05) is 18.1 Å². The number of fused-ring (bicyclic) bond motifs is 1. The zero-order chi connectivity index (χ0) is 22.8. The summed E-state index contributed by atoms with van der Waals surface area (Å²) in [6, 6.07) is 11.0. The third kappa shape index (κ3) is 5.25. The normalized spacial score (nSPS) is 12.1. The summed E-state index contributed by atoms with van der Waals surface area (Å²) >= 11 is 0. The van der Waals surface area contributed by atoms with Crippen LogP contribution >= 0.6 is 0 Å². The Bertz CT molecular complexity index is 1100. The maximum Gasteiger partial charge on any atom is 0.433 e. The van der Waals surface area contributed by atoms with Crippen molar-refractivity contribution in [1.82, 2.24) is 4.98 Å². The number of alkyl halides is 6. The van der Waals surface area contributed by atoms with Gasteiger partial charge in [0.2, 0.25) is 0 Å². The number of aromatic nitrogens is 1. The van der Waals surface area contributed by atoms with E-state index in [-0.39, 0.29) is 29.9 Å². The molecule has 10 heteroatoms. The van der Waals surface area contributed by atoms with E-state index in [4.69, 9.17) is 4.74 Å². The Hall–Kier alpha value is -3.30. The van der Waals surface area contributed by atoms with Gasteiger partial charge in [-0.3, -0.25) is 0 Å². The molecule has 3 rings (SSSR count). The molecule has 0 atom stereocenters. The second kappa shape index (κ2) is 8.44. The van der Waals surface area contributed by atoms with Crippen LogP contribution in [0.25, 0.3) is 10.9 Å². The fraction of sp³-hybridized carbons (Fsp3) is 0.238. The number of carbonyl (C=O) groups is 1. The molecule has 0 bridgehead atoms. The lowest BCUT2D eigenvalue weighted by Crippen LogP contribution is -2.25. The van der Waals surface area contributed by atoms with E-state index < -0.39 is 29.6 Å². The Kier molecular flexibility index (Phi) is 6.10. The predicted molar refractivity (Wildman–Crippen MR) is 102 cm³/mol. The number of hydrogen-bond donors (Lipinski definition) is 0. The van der Waals surface area contributed by atoms with E-state index in [1.165, 1.54) is 24.1 Å². The molecular weight excluding hydrogens is 426 g/mol. The molecule has 164 valence electrons. The van der Waals surface area contributed by atoms with E-state index in [0.29, 0.717) is 11.5 Å². The standard InChI is InChI=1S/C21H16F6N2O2/c1-29(9-10-31-19(30)13-5-4-6-14(11-13)20(22,23)24)17-12-18(21(25,26)27)28-16-8-3-2-7-15(16)17/h2-8,11-12H,9-10H2,1H3. The number of anilines is 1. The highest BCUT2D eigenvalue weighted by atomic mass is 19.4. The summed E-state index contributed by atoms with van der Waals surface area (Å²) < 4.78 is 82.9. The van der Waals surface area contributed by atoms with E-state index in [0.717, 1.165) is 18.2 Å². The van der Waals surface area contributed by atoms with Gasteiger partial charge < -0.3 is 9.64 Å². The maximum absolute atomic E-state index is 13.2. The largest absolute Gasteiger partial charge is 0.460 e. The number of halogens is 6. The molecule has 0 aliphatic carbocycles. The summed E-state index contributed by atoms with van der Waals surface area (Å²) in [5.74, 6) is -0.963. The Balaban J connectivity index is 1.74. The summed E-state index contributed by atoms with van der Waals surface area (Å²) in [4.78, 5) is 17.2. The van der Waals surface area contributed by atoms with Crippen molar-refractivity contribution >= 4 is 22.6 Å². The Morgan fingerprint density at radius 1 is 0.968 bits per heavy atom. The van der Waals surface area contributed by atoms with Crippen LogP contribution in [0.5, 0.6) is 0 Å². The van der Waals surface area contributed by atoms with Crippen LogP contribution in [-0.2, 0) is 17.1 Å². The van der Waals surface area contributed by atoms with Crippen molar-refractivity contribution in [2.45, 2.75) is 12.4 Å². The summed E-state index contributed by atoms with van der Waals surface area (Å²) in [5, 5.41) is 0.474. The molecule has 0 spiro atoms. The average Bonchev–Trinajstić information content (AvgIpc) is 2.71. The minimum absolute atomic E-state index is 0.00993. The molecule has 31 heavy (non-hydrogen) atoms. The first-order valence-electron chi connectivity index (χ1n) is 8.99. The highest BCUT2D eigenvalue weighted by Crippen LogP contribution is 2.34. The first-order valence-corrected chi connectivity index (χ1v) is 8.99. The van der Waals surface area contributed by atoms with Crippen molar-refractivity contribution in [1.29, 1.82) is 0 Å². The monoisotopic (exact) mass is 442 g/mol. The van der Waals surface area contributed by atoms with Crippen molar-refractivity contribution in [3.8, 4) is 0 Å². The molecule has 0 amide bonds. The number of hydrogen-bond acceptors (Lipinski definition) is 4. The second-order valence-electron chi connectivity index (χ2n) is 6.68. The fourth-order valence-electron chi connectivity index (χ4n) is 2.92. The highest BCUT2D eigenvalue weighted by Gasteiger charge is 2.34. The molecule has 1 heterocycles. The zero-order valence-electron chi connectivity index (χ0n) is 16.1. The van der Waals surface area contributed by atoms with Crippen LogP contribution in [0.4, 0.5) is 32.0 Å². The molecule has 0 fully saturated rings. The van der Waals surface area contributed by atoms with Gasteiger partial charge in [-0.2, -0.15) is 26.3 Å². The zero-order valence-corrected chi connectivity index (χ0v) is 16.1. The van der Waals surface area contributed by atoms with Gasteiger partial charge in [0.25, 0.3) is 0 Å². The van der Waals surface area contributed by atoms with Crippen molar-refractivity contribution in [3.05, 3.63) is 71.4 Å². The number of carbonyl (C=O) groups excluding carboxylic acids is 1. The van der Waals surface area contributed by atoms with Crippen LogP contribution in [0, 0.1) is 0 Å². The van der Waals surface area contributed by atoms with Crippen molar-refractivity contribution < 1.29 is 35.9 Å². The molecular formula is C21H16F6N2O2. The molecule has 0 saturated carbocycles. The van der Waals surface area contributed by atoms with Crippen LogP contribution in [0.15, 0.2) is 54.6 Å². The maximum atomic E-state index is 13.2. The molecule has 4 nitrogen and oxygen atoms in total. The van der Waals surface area contributed by atoms with E-state index in [9.17, 15) is 31.1 Å². The molecule has 0 aliphatic rings. The molecule has 2 aromatic carbocycles. The summed E-state index contributed by atoms with van der Waals surface area (Å²) in [6.07, 6.45) is -9.25. The van der Waals surface area contributed by atoms with Gasteiger partial charge in [0.15, 0.2) is 0 Å². The van der Waals surface area contributed by atoms with Crippen LogP contribution < -0.4 is 4.90 Å². The van der Waals surface area contributed by atoms with Crippen LogP contribution in [0.3, 0.4) is 0 Å². The third-order valence-corrected chi connectivity index (χ3v) is 4.48. The van der Waals surface area contributed by atoms with Gasteiger partial charge in [-0.1, -0.05) is 24.3 Å². The molecule has 0 radical (unpaired) electrons. The number of para-hydroxylation sites is 1. The average molecular weight is 442 g/mol. The van der Waals surface area contributed by atoms with Gasteiger partial charge in [-0.05, 0) is 30.3 Å². The SMILES string of the molecule is CN(CCOC(=O)c1cccc(C(F)(F)F)c1)c1cc(C(F)(F)F)nc2ccccc12. The molecule has 0 aliphatic heterocycles. The first kappa shape index (κ1) is 22.4. The summed E-state index contributed by atoms with van der Waals surface area (Å²) in [6.45, 7) is -0.237. The van der Waals surface area contributed by atoms with Gasteiger partial charge in [-0.25, -0.2) is 9.78 Å². The lowest BCUT2D eigenvalue weighted by atomic mass is 10.1. The number of nitrogens with zero attached hydrogens (tertiary/aromatic N) is 2. The lowest BCUT2D eigenvalue weighted by Gasteiger charge is -2.22. The number of esters is 1. The van der Waals surface area contributed by atoms with Crippen molar-refractivity contribution in [3.63, 3.8) is 0 Å². The van der Waals surface area contributed by atoms with Crippen LogP contribution in [0.1, 0.15) is 21.6 Å². The van der Waals surface area contributed by atoms with E-state index >= 15 is 0 Å². The number of pyridine rings is 1. The fourth-order valence-corrected chi connectivity index (χ4v) is 2.92. The summed E-state index contributed by atoms with van der Waals surface area (Å²) in [7, 11) is 1.51. The molecule has 3 aromatic rings. The van der Waals surface area contributed by atoms with Crippen molar-refractivity contribution in [2.24, 2.45) is 0 Å².